The molecule has 0 saturated carbocycles. The first kappa shape index (κ1) is 14.4. The van der Waals surface area contributed by atoms with Crippen LogP contribution in [0.15, 0.2) is 0 Å². The molecule has 1 heterocycles. The monoisotopic (exact) mass is 218 g/mol. The van der Waals surface area contributed by atoms with Crippen molar-refractivity contribution in [1.82, 2.24) is 0 Å². The van der Waals surface area contributed by atoms with Crippen LogP contribution < -0.4 is 0 Å². The number of ether oxygens (including phenoxy) is 1. The van der Waals surface area contributed by atoms with E-state index in [9.17, 15) is 9.90 Å². The normalized spacial score (nSPS) is 30.3. The molecule has 1 saturated heterocycles. The largest absolute Gasteiger partial charge is 0.479 e. The number of carbonyl (C=O) groups is 1. The van der Waals surface area contributed by atoms with Gasteiger partial charge in [-0.3, -0.25) is 0 Å². The highest BCUT2D eigenvalue weighted by Crippen LogP contribution is 2.22. The Bertz CT molecular complexity index is 181. The number of carboxylic acid groups (broad SMARTS) is 1. The summed E-state index contributed by atoms with van der Waals surface area (Å²) in [6, 6.07) is 0. The predicted molar refractivity (Wildman–Crippen MR) is 57.8 cm³/mol. The molecule has 4 heteroatoms. The predicted octanol–water partition coefficient (Wildman–Crippen LogP) is 1.81. The zero-order valence-corrected chi connectivity index (χ0v) is 9.77. The van der Waals surface area contributed by atoms with Crippen LogP contribution in [-0.2, 0) is 9.53 Å². The molecule has 4 nitrogen and oxygen atoms in total. The minimum atomic E-state index is -0.972. The van der Waals surface area contributed by atoms with Crippen LogP contribution in [0.1, 0.15) is 46.5 Å². The van der Waals surface area contributed by atoms with Crippen molar-refractivity contribution >= 4 is 5.97 Å². The first-order valence-corrected chi connectivity index (χ1v) is 5.69. The summed E-state index contributed by atoms with van der Waals surface area (Å²) in [6.45, 7) is 6.01. The topological polar surface area (TPSA) is 66.8 Å². The van der Waals surface area contributed by atoms with E-state index >= 15 is 0 Å². The second kappa shape index (κ2) is 7.65. The summed E-state index contributed by atoms with van der Waals surface area (Å²) in [4.78, 5) is 10.6. The summed E-state index contributed by atoms with van der Waals surface area (Å²) in [6.07, 6.45) is 1.12. The van der Waals surface area contributed by atoms with E-state index in [4.69, 9.17) is 9.84 Å². The van der Waals surface area contributed by atoms with Crippen LogP contribution in [0.3, 0.4) is 0 Å². The van der Waals surface area contributed by atoms with Crippen LogP contribution in [0, 0.1) is 0 Å². The molecule has 3 unspecified atom stereocenters. The molecule has 15 heavy (non-hydrogen) atoms. The fraction of sp³-hybridized carbons (Fsp3) is 0.909. The Morgan fingerprint density at radius 1 is 1.40 bits per heavy atom. The van der Waals surface area contributed by atoms with Gasteiger partial charge in [-0.05, 0) is 12.8 Å². The van der Waals surface area contributed by atoms with Gasteiger partial charge in [0, 0.05) is 6.42 Å². The summed E-state index contributed by atoms with van der Waals surface area (Å²) in [5.41, 5.74) is 0. The SMILES string of the molecule is CC.CCCC1CC(O)CC(C(=O)O)O1. The van der Waals surface area contributed by atoms with E-state index < -0.39 is 18.2 Å². The molecule has 1 aliphatic rings. The molecule has 3 atom stereocenters. The maximum atomic E-state index is 10.6. The molecule has 0 amide bonds. The van der Waals surface area contributed by atoms with Crippen molar-refractivity contribution in [3.8, 4) is 0 Å². The molecule has 0 aromatic carbocycles. The third kappa shape index (κ3) is 5.14. The molecule has 0 aromatic rings. The fourth-order valence-corrected chi connectivity index (χ4v) is 1.66. The van der Waals surface area contributed by atoms with Crippen LogP contribution in [0.5, 0.6) is 0 Å². The Kier molecular flexibility index (Phi) is 7.34. The van der Waals surface area contributed by atoms with Gasteiger partial charge in [0.1, 0.15) is 0 Å². The van der Waals surface area contributed by atoms with E-state index in [2.05, 4.69) is 0 Å². The molecule has 2 N–H and O–H groups in total. The van der Waals surface area contributed by atoms with E-state index in [1.54, 1.807) is 0 Å². The van der Waals surface area contributed by atoms with E-state index in [1.165, 1.54) is 0 Å². The summed E-state index contributed by atoms with van der Waals surface area (Å²) in [7, 11) is 0. The van der Waals surface area contributed by atoms with E-state index in [0.29, 0.717) is 6.42 Å². The second-order valence-corrected chi connectivity index (χ2v) is 3.50. The lowest BCUT2D eigenvalue weighted by atomic mass is 9.98. The van der Waals surface area contributed by atoms with Crippen molar-refractivity contribution in [3.05, 3.63) is 0 Å². The molecule has 1 aliphatic heterocycles. The minimum Gasteiger partial charge on any atom is -0.479 e. The third-order valence-electron chi connectivity index (χ3n) is 2.26. The lowest BCUT2D eigenvalue weighted by molar-refractivity contribution is -0.166. The van der Waals surface area contributed by atoms with E-state index in [-0.39, 0.29) is 12.5 Å². The zero-order chi connectivity index (χ0) is 11.8. The van der Waals surface area contributed by atoms with Gasteiger partial charge < -0.3 is 14.9 Å². The second-order valence-electron chi connectivity index (χ2n) is 3.50. The van der Waals surface area contributed by atoms with Crippen LogP contribution in [0.25, 0.3) is 0 Å². The number of hydrogen-bond acceptors (Lipinski definition) is 3. The van der Waals surface area contributed by atoms with Gasteiger partial charge in [0.15, 0.2) is 6.10 Å². The van der Waals surface area contributed by atoms with Gasteiger partial charge in [-0.15, -0.1) is 0 Å². The molecule has 1 rings (SSSR count). The average Bonchev–Trinajstić information content (AvgIpc) is 2.20. The van der Waals surface area contributed by atoms with Gasteiger partial charge in [0.05, 0.1) is 12.2 Å². The van der Waals surface area contributed by atoms with Crippen LogP contribution in [-0.4, -0.2) is 34.5 Å². The highest BCUT2D eigenvalue weighted by Gasteiger charge is 2.31. The summed E-state index contributed by atoms with van der Waals surface area (Å²) in [5, 5.41) is 18.1. The standard InChI is InChI=1S/C9H16O4.C2H6/c1-2-3-7-4-6(10)5-8(13-7)9(11)12;1-2/h6-8,10H,2-5H2,1H3,(H,11,12);1-2H3. The maximum Gasteiger partial charge on any atom is 0.332 e. The van der Waals surface area contributed by atoms with E-state index in [0.717, 1.165) is 12.8 Å². The van der Waals surface area contributed by atoms with Crippen molar-refractivity contribution in [3.63, 3.8) is 0 Å². The van der Waals surface area contributed by atoms with Gasteiger partial charge >= 0.3 is 5.97 Å². The van der Waals surface area contributed by atoms with Gasteiger partial charge in [0.25, 0.3) is 0 Å². The molecular weight excluding hydrogens is 196 g/mol. The number of aliphatic hydroxyl groups excluding tert-OH is 1. The first-order chi connectivity index (χ1) is 7.13. The Labute approximate surface area is 91.3 Å². The van der Waals surface area contributed by atoms with Crippen molar-refractivity contribution in [2.75, 3.05) is 0 Å². The quantitative estimate of drug-likeness (QED) is 0.758. The summed E-state index contributed by atoms with van der Waals surface area (Å²) >= 11 is 0. The number of rotatable bonds is 3. The molecule has 90 valence electrons. The number of hydrogen-bond donors (Lipinski definition) is 2. The van der Waals surface area contributed by atoms with Crippen LogP contribution in [0.2, 0.25) is 0 Å². The lowest BCUT2D eigenvalue weighted by Crippen LogP contribution is -2.39. The average molecular weight is 218 g/mol. The molecule has 0 radical (unpaired) electrons. The van der Waals surface area contributed by atoms with E-state index in [1.807, 2.05) is 20.8 Å². The molecule has 0 spiro atoms. The smallest absolute Gasteiger partial charge is 0.332 e. The maximum absolute atomic E-state index is 10.6. The fourth-order valence-electron chi connectivity index (χ4n) is 1.66. The van der Waals surface area contributed by atoms with Gasteiger partial charge in [-0.1, -0.05) is 27.2 Å². The Morgan fingerprint density at radius 3 is 2.47 bits per heavy atom. The van der Waals surface area contributed by atoms with Gasteiger partial charge in [-0.25, -0.2) is 4.79 Å². The summed E-state index contributed by atoms with van der Waals surface area (Å²) < 4.78 is 5.30. The first-order valence-electron chi connectivity index (χ1n) is 5.69. The van der Waals surface area contributed by atoms with Gasteiger partial charge in [-0.2, -0.15) is 0 Å². The minimum absolute atomic E-state index is 0.0881. The molecule has 1 fully saturated rings. The molecule has 0 bridgehead atoms. The Hall–Kier alpha value is -0.610. The van der Waals surface area contributed by atoms with Crippen molar-refractivity contribution in [2.45, 2.75) is 64.8 Å². The Morgan fingerprint density at radius 2 is 2.00 bits per heavy atom. The lowest BCUT2D eigenvalue weighted by Gasteiger charge is -2.30. The zero-order valence-electron chi connectivity index (χ0n) is 9.77. The van der Waals surface area contributed by atoms with Crippen LogP contribution >= 0.6 is 0 Å². The number of aliphatic hydroxyl groups is 1. The highest BCUT2D eigenvalue weighted by atomic mass is 16.5. The number of aliphatic carboxylic acids is 1. The molecule has 0 aromatic heterocycles. The molecular formula is C11H22O4. The van der Waals surface area contributed by atoms with Gasteiger partial charge in [0.2, 0.25) is 0 Å². The number of carboxylic acids is 1. The van der Waals surface area contributed by atoms with Crippen molar-refractivity contribution < 1.29 is 19.7 Å². The van der Waals surface area contributed by atoms with Crippen LogP contribution in [0.4, 0.5) is 0 Å². The molecule has 0 aliphatic carbocycles. The van der Waals surface area contributed by atoms with Crippen molar-refractivity contribution in [2.24, 2.45) is 0 Å². The Balaban J connectivity index is 0.000000921. The third-order valence-corrected chi connectivity index (χ3v) is 2.26. The summed E-state index contributed by atoms with van der Waals surface area (Å²) in [5.74, 6) is -0.972. The highest BCUT2D eigenvalue weighted by molar-refractivity contribution is 5.72. The van der Waals surface area contributed by atoms with Crippen molar-refractivity contribution in [1.29, 1.82) is 0 Å².